The average molecular weight is 617 g/mol. The number of fused-ring (bicyclic) bond motifs is 11. The third-order valence-electron chi connectivity index (χ3n) is 9.49. The standard InChI is InChI=1S/C42H28N6/c1-25-15-19-27(20-16-25)39-44-40(28-21-17-26(2)18-22-28)46-42(45-39)48-35-13-7-5-10-30(35)33-23-32-29-9-3-4-11-31(29)41-43-34-12-6-8-14-36(34)47(41)37(32)24-38(33)48/h3-24H,1-2H3. The largest absolute Gasteiger partial charge is 0.292 e. The number of hydrogen-bond acceptors (Lipinski definition) is 4. The van der Waals surface area contributed by atoms with E-state index in [1.54, 1.807) is 0 Å². The Morgan fingerprint density at radius 2 is 0.979 bits per heavy atom. The van der Waals surface area contributed by atoms with E-state index in [2.05, 4.69) is 150 Å². The number of benzene rings is 6. The van der Waals surface area contributed by atoms with Gasteiger partial charge in [0.2, 0.25) is 5.95 Å². The van der Waals surface area contributed by atoms with Crippen molar-refractivity contribution in [1.29, 1.82) is 0 Å². The van der Waals surface area contributed by atoms with Crippen molar-refractivity contribution >= 4 is 60.2 Å². The Bertz CT molecular complexity index is 2830. The SMILES string of the molecule is Cc1ccc(-c2nc(-c3ccc(C)cc3)nc(-n3c4ccccc4c4cc5c6ccccc6c6nc7ccccc7n6c5cc43)n2)cc1. The van der Waals surface area contributed by atoms with Crippen molar-refractivity contribution in [3.05, 3.63) is 145 Å². The van der Waals surface area contributed by atoms with Gasteiger partial charge in [-0.25, -0.2) is 9.97 Å². The molecular formula is C42H28N6. The number of hydrogen-bond donors (Lipinski definition) is 0. The Labute approximate surface area is 275 Å². The summed E-state index contributed by atoms with van der Waals surface area (Å²) in [6.45, 7) is 4.18. The molecule has 0 saturated heterocycles. The summed E-state index contributed by atoms with van der Waals surface area (Å²) in [4.78, 5) is 20.5. The van der Waals surface area contributed by atoms with Crippen LogP contribution in [0.2, 0.25) is 0 Å². The number of rotatable bonds is 3. The Kier molecular flexibility index (Phi) is 5.61. The van der Waals surface area contributed by atoms with E-state index in [0.29, 0.717) is 17.6 Å². The first-order chi connectivity index (χ1) is 23.6. The minimum Gasteiger partial charge on any atom is -0.292 e. The maximum Gasteiger partial charge on any atom is 0.238 e. The monoisotopic (exact) mass is 616 g/mol. The van der Waals surface area contributed by atoms with E-state index in [1.807, 2.05) is 6.07 Å². The molecule has 0 atom stereocenters. The van der Waals surface area contributed by atoms with E-state index in [4.69, 9.17) is 19.9 Å². The van der Waals surface area contributed by atoms with Crippen molar-refractivity contribution < 1.29 is 0 Å². The van der Waals surface area contributed by atoms with Crippen LogP contribution in [0.4, 0.5) is 0 Å². The van der Waals surface area contributed by atoms with Crippen molar-refractivity contribution in [3.8, 4) is 28.7 Å². The van der Waals surface area contributed by atoms with Crippen LogP contribution >= 0.6 is 0 Å². The molecule has 4 heterocycles. The molecule has 0 N–H and O–H groups in total. The van der Waals surface area contributed by atoms with Crippen LogP contribution in [0, 0.1) is 13.8 Å². The van der Waals surface area contributed by atoms with Gasteiger partial charge in [0.25, 0.3) is 0 Å². The summed E-state index contributed by atoms with van der Waals surface area (Å²) in [5.74, 6) is 1.85. The minimum atomic E-state index is 0.578. The van der Waals surface area contributed by atoms with Crippen LogP contribution in [0.1, 0.15) is 11.1 Å². The van der Waals surface area contributed by atoms with E-state index < -0.39 is 0 Å². The van der Waals surface area contributed by atoms with Gasteiger partial charge in [-0.3, -0.25) is 8.97 Å². The molecule has 0 amide bonds. The van der Waals surface area contributed by atoms with E-state index in [9.17, 15) is 0 Å². The third-order valence-corrected chi connectivity index (χ3v) is 9.49. The molecule has 10 aromatic rings. The molecule has 0 aliphatic carbocycles. The number of para-hydroxylation sites is 3. The number of imidazole rings is 1. The van der Waals surface area contributed by atoms with Crippen molar-refractivity contribution in [1.82, 2.24) is 28.9 Å². The summed E-state index contributed by atoms with van der Waals surface area (Å²) < 4.78 is 4.50. The highest BCUT2D eigenvalue weighted by atomic mass is 15.2. The molecule has 0 aliphatic heterocycles. The van der Waals surface area contributed by atoms with Gasteiger partial charge >= 0.3 is 0 Å². The smallest absolute Gasteiger partial charge is 0.238 e. The molecule has 0 fully saturated rings. The minimum absolute atomic E-state index is 0.578. The average Bonchev–Trinajstić information content (AvgIpc) is 3.68. The van der Waals surface area contributed by atoms with Gasteiger partial charge in [0, 0.05) is 32.7 Å². The lowest BCUT2D eigenvalue weighted by Crippen LogP contribution is -2.06. The second-order valence-electron chi connectivity index (χ2n) is 12.6. The molecule has 6 aromatic carbocycles. The first-order valence-corrected chi connectivity index (χ1v) is 16.2. The molecular weight excluding hydrogens is 589 g/mol. The predicted molar refractivity (Wildman–Crippen MR) is 196 cm³/mol. The van der Waals surface area contributed by atoms with E-state index in [1.165, 1.54) is 21.9 Å². The maximum atomic E-state index is 5.17. The molecule has 0 aliphatic rings. The van der Waals surface area contributed by atoms with Gasteiger partial charge in [0.1, 0.15) is 5.65 Å². The molecule has 6 heteroatoms. The Balaban J connectivity index is 1.35. The van der Waals surface area contributed by atoms with Crippen LogP contribution in [0.15, 0.2) is 133 Å². The summed E-state index contributed by atoms with van der Waals surface area (Å²) in [6, 6.07) is 46.8. The summed E-state index contributed by atoms with van der Waals surface area (Å²) in [6.07, 6.45) is 0. The van der Waals surface area contributed by atoms with Crippen molar-refractivity contribution in [2.24, 2.45) is 0 Å². The van der Waals surface area contributed by atoms with Crippen LogP contribution in [-0.2, 0) is 0 Å². The fourth-order valence-electron chi connectivity index (χ4n) is 7.11. The number of aromatic nitrogens is 6. The lowest BCUT2D eigenvalue weighted by Gasteiger charge is -2.12. The molecule has 0 spiro atoms. The van der Waals surface area contributed by atoms with E-state index >= 15 is 0 Å². The van der Waals surface area contributed by atoms with Crippen LogP contribution in [0.3, 0.4) is 0 Å². The van der Waals surface area contributed by atoms with E-state index in [0.717, 1.165) is 60.5 Å². The molecule has 0 bridgehead atoms. The first kappa shape index (κ1) is 26.8. The highest BCUT2D eigenvalue weighted by molar-refractivity contribution is 6.20. The molecule has 48 heavy (non-hydrogen) atoms. The predicted octanol–water partition coefficient (Wildman–Crippen LogP) is 10.0. The first-order valence-electron chi connectivity index (χ1n) is 16.2. The Morgan fingerprint density at radius 3 is 1.67 bits per heavy atom. The van der Waals surface area contributed by atoms with Crippen molar-refractivity contribution in [2.75, 3.05) is 0 Å². The van der Waals surface area contributed by atoms with Gasteiger partial charge in [0.15, 0.2) is 11.6 Å². The lowest BCUT2D eigenvalue weighted by molar-refractivity contribution is 0.953. The van der Waals surface area contributed by atoms with Gasteiger partial charge in [-0.15, -0.1) is 0 Å². The maximum absolute atomic E-state index is 5.17. The zero-order valence-corrected chi connectivity index (χ0v) is 26.4. The van der Waals surface area contributed by atoms with Crippen molar-refractivity contribution in [3.63, 3.8) is 0 Å². The second-order valence-corrected chi connectivity index (χ2v) is 12.6. The van der Waals surface area contributed by atoms with Crippen LogP contribution in [0.25, 0.3) is 88.9 Å². The molecule has 0 radical (unpaired) electrons. The quantitative estimate of drug-likeness (QED) is 0.185. The molecule has 0 unspecified atom stereocenters. The zero-order valence-electron chi connectivity index (χ0n) is 26.4. The topological polar surface area (TPSA) is 60.9 Å². The third kappa shape index (κ3) is 3.93. The molecule has 10 rings (SSSR count). The van der Waals surface area contributed by atoms with Crippen LogP contribution in [-0.4, -0.2) is 28.9 Å². The Morgan fingerprint density at radius 1 is 0.417 bits per heavy atom. The normalized spacial score (nSPS) is 12.0. The molecule has 226 valence electrons. The Hall–Kier alpha value is -6.40. The summed E-state index contributed by atoms with van der Waals surface area (Å²) in [7, 11) is 0. The van der Waals surface area contributed by atoms with Crippen LogP contribution in [0.5, 0.6) is 0 Å². The van der Waals surface area contributed by atoms with Gasteiger partial charge in [-0.05, 0) is 49.6 Å². The summed E-state index contributed by atoms with van der Waals surface area (Å²) in [5.41, 5.74) is 10.4. The fraction of sp³-hybridized carbons (Fsp3) is 0.0476. The molecule has 4 aromatic heterocycles. The number of pyridine rings is 1. The fourth-order valence-corrected chi connectivity index (χ4v) is 7.11. The van der Waals surface area contributed by atoms with Gasteiger partial charge < -0.3 is 0 Å². The number of aryl methyl sites for hydroxylation is 2. The zero-order chi connectivity index (χ0) is 31.9. The lowest BCUT2D eigenvalue weighted by atomic mass is 10.0. The second kappa shape index (κ2) is 10.0. The van der Waals surface area contributed by atoms with Crippen molar-refractivity contribution in [2.45, 2.75) is 13.8 Å². The summed E-state index contributed by atoms with van der Waals surface area (Å²) >= 11 is 0. The van der Waals surface area contributed by atoms with E-state index in [-0.39, 0.29) is 0 Å². The van der Waals surface area contributed by atoms with Gasteiger partial charge in [-0.2, -0.15) is 9.97 Å². The summed E-state index contributed by atoms with van der Waals surface area (Å²) in [5, 5.41) is 5.77. The van der Waals surface area contributed by atoms with Gasteiger partial charge in [-0.1, -0.05) is 114 Å². The molecule has 6 nitrogen and oxygen atoms in total. The van der Waals surface area contributed by atoms with Crippen LogP contribution < -0.4 is 0 Å². The van der Waals surface area contributed by atoms with Gasteiger partial charge in [0.05, 0.1) is 27.6 Å². The molecule has 0 saturated carbocycles. The number of nitrogens with zero attached hydrogens (tertiary/aromatic N) is 6. The highest BCUT2D eigenvalue weighted by Gasteiger charge is 2.21. The highest BCUT2D eigenvalue weighted by Crippen LogP contribution is 2.39.